The fraction of sp³-hybridized carbons (Fsp3) is 0.444. The summed E-state index contributed by atoms with van der Waals surface area (Å²) in [5.41, 5.74) is 0.536. The second kappa shape index (κ2) is 11.1. The predicted octanol–water partition coefficient (Wildman–Crippen LogP) is 3.84. The van der Waals surface area contributed by atoms with Crippen LogP contribution in [0.1, 0.15) is 39.5 Å². The minimum Gasteiger partial charge on any atom is -0.501 e. The van der Waals surface area contributed by atoms with Crippen LogP contribution in [0.5, 0.6) is 5.75 Å². The van der Waals surface area contributed by atoms with Crippen molar-refractivity contribution in [2.45, 2.75) is 39.5 Å². The number of amides is 2. The van der Waals surface area contributed by atoms with Crippen molar-refractivity contribution in [1.29, 1.82) is 0 Å². The highest BCUT2D eigenvalue weighted by atomic mass is 16.6. The lowest BCUT2D eigenvalue weighted by Gasteiger charge is -2.08. The van der Waals surface area contributed by atoms with Crippen molar-refractivity contribution in [3.8, 4) is 5.75 Å². The van der Waals surface area contributed by atoms with Crippen molar-refractivity contribution in [1.82, 2.24) is 5.32 Å². The number of ether oxygens (including phenoxy) is 2. The first-order valence-electron chi connectivity index (χ1n) is 8.14. The number of benzene rings is 1. The normalized spacial score (nSPS) is 10.9. The van der Waals surface area contributed by atoms with Crippen LogP contribution in [0.2, 0.25) is 0 Å². The van der Waals surface area contributed by atoms with E-state index in [0.29, 0.717) is 23.7 Å². The molecule has 0 spiro atoms. The third-order valence-electron chi connectivity index (χ3n) is 3.27. The molecule has 0 fully saturated rings. The molecular formula is C18H26N2O4. The number of methoxy groups -OCH3 is 1. The van der Waals surface area contributed by atoms with Gasteiger partial charge >= 0.3 is 6.09 Å². The molecule has 0 saturated carbocycles. The molecule has 0 aliphatic rings. The molecule has 2 N–H and O–H groups in total. The van der Waals surface area contributed by atoms with Gasteiger partial charge in [-0.05, 0) is 25.5 Å². The molecule has 0 aliphatic carbocycles. The highest BCUT2D eigenvalue weighted by molar-refractivity contribution is 5.99. The van der Waals surface area contributed by atoms with Crippen LogP contribution in [0.3, 0.4) is 0 Å². The highest BCUT2D eigenvalue weighted by Gasteiger charge is 2.06. The van der Waals surface area contributed by atoms with Gasteiger partial charge in [0, 0.05) is 24.4 Å². The number of allylic oxidation sites excluding steroid dienone is 1. The zero-order valence-corrected chi connectivity index (χ0v) is 14.6. The molecular weight excluding hydrogens is 308 g/mol. The Morgan fingerprint density at radius 3 is 2.71 bits per heavy atom. The Morgan fingerprint density at radius 1 is 1.21 bits per heavy atom. The van der Waals surface area contributed by atoms with Crippen molar-refractivity contribution in [3.63, 3.8) is 0 Å². The van der Waals surface area contributed by atoms with Crippen molar-refractivity contribution >= 4 is 17.7 Å². The van der Waals surface area contributed by atoms with Gasteiger partial charge < -0.3 is 20.1 Å². The van der Waals surface area contributed by atoms with E-state index in [0.717, 1.165) is 25.7 Å². The molecule has 0 radical (unpaired) electrons. The fourth-order valence-corrected chi connectivity index (χ4v) is 1.94. The van der Waals surface area contributed by atoms with Crippen LogP contribution >= 0.6 is 0 Å². The highest BCUT2D eigenvalue weighted by Crippen LogP contribution is 2.17. The zero-order chi connectivity index (χ0) is 17.8. The molecule has 1 aromatic carbocycles. The van der Waals surface area contributed by atoms with E-state index < -0.39 is 6.09 Å². The first-order valence-corrected chi connectivity index (χ1v) is 8.14. The number of hydrogen-bond acceptors (Lipinski definition) is 4. The summed E-state index contributed by atoms with van der Waals surface area (Å²) in [6.45, 7) is 4.42. The largest absolute Gasteiger partial charge is 0.501 e. The van der Waals surface area contributed by atoms with Gasteiger partial charge in [0.2, 0.25) is 0 Å². The van der Waals surface area contributed by atoms with Crippen molar-refractivity contribution in [3.05, 3.63) is 36.1 Å². The number of unbranched alkanes of at least 4 members (excludes halogenated alkanes) is 3. The lowest BCUT2D eigenvalue weighted by Crippen LogP contribution is -2.27. The monoisotopic (exact) mass is 334 g/mol. The molecule has 0 aromatic heterocycles. The average molecular weight is 334 g/mol. The average Bonchev–Trinajstić information content (AvgIpc) is 2.54. The van der Waals surface area contributed by atoms with Gasteiger partial charge in [-0.3, -0.25) is 4.79 Å². The van der Waals surface area contributed by atoms with Gasteiger partial charge in [-0.25, -0.2) is 4.79 Å². The van der Waals surface area contributed by atoms with Crippen molar-refractivity contribution < 1.29 is 19.1 Å². The maximum Gasteiger partial charge on any atom is 0.412 e. The van der Waals surface area contributed by atoms with E-state index >= 15 is 0 Å². The summed E-state index contributed by atoms with van der Waals surface area (Å²) in [6, 6.07) is 6.66. The van der Waals surface area contributed by atoms with Crippen molar-refractivity contribution in [2.24, 2.45) is 0 Å². The van der Waals surface area contributed by atoms with Crippen molar-refractivity contribution in [2.75, 3.05) is 19.0 Å². The predicted molar refractivity (Wildman–Crippen MR) is 94.0 cm³/mol. The van der Waals surface area contributed by atoms with Crippen LogP contribution in [0.4, 0.5) is 10.5 Å². The molecule has 0 unspecified atom stereocenters. The van der Waals surface area contributed by atoms with E-state index in [4.69, 9.17) is 9.47 Å². The lowest BCUT2D eigenvalue weighted by atomic mass is 10.2. The number of hydrogen-bond donors (Lipinski definition) is 2. The first-order chi connectivity index (χ1) is 11.5. The Bertz CT molecular complexity index is 570. The molecule has 24 heavy (non-hydrogen) atoms. The summed E-state index contributed by atoms with van der Waals surface area (Å²) >= 11 is 0. The van der Waals surface area contributed by atoms with Gasteiger partial charge in [0.1, 0.15) is 5.75 Å². The topological polar surface area (TPSA) is 76.7 Å². The Kier molecular flexibility index (Phi) is 9.04. The second-order valence-corrected chi connectivity index (χ2v) is 5.35. The summed E-state index contributed by atoms with van der Waals surface area (Å²) in [5.74, 6) is 0.556. The molecule has 6 nitrogen and oxygen atoms in total. The molecule has 2 amide bonds. The van der Waals surface area contributed by atoms with E-state index in [9.17, 15) is 9.59 Å². The lowest BCUT2D eigenvalue weighted by molar-refractivity contribution is -0.112. The number of carbonyl (C=O) groups is 2. The van der Waals surface area contributed by atoms with E-state index in [2.05, 4.69) is 17.6 Å². The van der Waals surface area contributed by atoms with Gasteiger partial charge in [-0.15, -0.1) is 0 Å². The van der Waals surface area contributed by atoms with Gasteiger partial charge in [0.05, 0.1) is 12.9 Å². The minimum atomic E-state index is -0.495. The van der Waals surface area contributed by atoms with E-state index in [-0.39, 0.29) is 5.91 Å². The van der Waals surface area contributed by atoms with Crippen LogP contribution in [-0.2, 0) is 9.53 Å². The Labute approximate surface area is 143 Å². The van der Waals surface area contributed by atoms with E-state index in [1.807, 2.05) is 0 Å². The number of anilines is 1. The van der Waals surface area contributed by atoms with E-state index in [1.54, 1.807) is 31.2 Å². The van der Waals surface area contributed by atoms with Gasteiger partial charge in [-0.2, -0.15) is 0 Å². The standard InChI is InChI=1S/C18H26N2O4/c1-4-5-6-7-11-19-18(22)24-16-10-8-9-15(13-16)20-17(21)12-14(2)23-3/h8-10,12-13H,4-7,11H2,1-3H3,(H,19,22)(H,20,21). The molecule has 6 heteroatoms. The first kappa shape index (κ1) is 19.5. The minimum absolute atomic E-state index is 0.313. The van der Waals surface area contributed by atoms with Crippen LogP contribution in [0.15, 0.2) is 36.1 Å². The Balaban J connectivity index is 2.47. The van der Waals surface area contributed by atoms with Crippen LogP contribution in [-0.4, -0.2) is 25.7 Å². The molecule has 1 rings (SSSR count). The van der Waals surface area contributed by atoms with E-state index in [1.165, 1.54) is 13.2 Å². The van der Waals surface area contributed by atoms with Crippen LogP contribution in [0.25, 0.3) is 0 Å². The summed E-state index contributed by atoms with van der Waals surface area (Å²) < 4.78 is 10.1. The third-order valence-corrected chi connectivity index (χ3v) is 3.27. The zero-order valence-electron chi connectivity index (χ0n) is 14.6. The molecule has 0 saturated heterocycles. The maximum atomic E-state index is 11.8. The molecule has 0 heterocycles. The van der Waals surface area contributed by atoms with Gasteiger partial charge in [-0.1, -0.05) is 32.3 Å². The van der Waals surface area contributed by atoms with Gasteiger partial charge in [0.25, 0.3) is 5.91 Å². The summed E-state index contributed by atoms with van der Waals surface area (Å²) in [6.07, 6.45) is 5.19. The summed E-state index contributed by atoms with van der Waals surface area (Å²) in [4.78, 5) is 23.5. The summed E-state index contributed by atoms with van der Waals surface area (Å²) in [5, 5.41) is 5.39. The number of nitrogens with one attached hydrogen (secondary N) is 2. The number of carbonyl (C=O) groups excluding carboxylic acids is 2. The third kappa shape index (κ3) is 8.22. The van der Waals surface area contributed by atoms with Crippen LogP contribution in [0, 0.1) is 0 Å². The molecule has 132 valence electrons. The van der Waals surface area contributed by atoms with Gasteiger partial charge in [0.15, 0.2) is 0 Å². The number of rotatable bonds is 9. The Morgan fingerprint density at radius 2 is 2.00 bits per heavy atom. The second-order valence-electron chi connectivity index (χ2n) is 5.35. The summed E-state index contributed by atoms with van der Waals surface area (Å²) in [7, 11) is 1.49. The maximum absolute atomic E-state index is 11.8. The molecule has 0 atom stereocenters. The Hall–Kier alpha value is -2.50. The molecule has 0 bridgehead atoms. The molecule has 1 aromatic rings. The molecule has 0 aliphatic heterocycles. The quantitative estimate of drug-likeness (QED) is 0.409. The fourth-order valence-electron chi connectivity index (χ4n) is 1.94. The van der Waals surface area contributed by atoms with Crippen LogP contribution < -0.4 is 15.4 Å². The smallest absolute Gasteiger partial charge is 0.412 e. The SMILES string of the molecule is CCCCCCNC(=O)Oc1cccc(NC(=O)C=C(C)OC)c1.